The Labute approximate surface area is 232 Å². The molecule has 1 aliphatic rings. The lowest BCUT2D eigenvalue weighted by Crippen LogP contribution is -2.51. The average molecular weight is 562 g/mol. The number of carbonyl (C=O) groups excluding carboxylic acids is 2. The van der Waals surface area contributed by atoms with E-state index >= 15 is 0 Å². The van der Waals surface area contributed by atoms with Crippen molar-refractivity contribution in [2.45, 2.75) is 84.3 Å². The zero-order valence-electron chi connectivity index (χ0n) is 22.9. The molecule has 1 atom stereocenters. The van der Waals surface area contributed by atoms with Crippen LogP contribution in [0.1, 0.15) is 68.6 Å². The second kappa shape index (κ2) is 13.5. The lowest BCUT2D eigenvalue weighted by molar-refractivity contribution is -0.141. The monoisotopic (exact) mass is 561 g/mol. The fourth-order valence-corrected chi connectivity index (χ4v) is 6.04. The van der Waals surface area contributed by atoms with Crippen LogP contribution in [0.2, 0.25) is 5.02 Å². The third kappa shape index (κ3) is 8.21. The first-order valence-corrected chi connectivity index (χ1v) is 15.6. The predicted molar refractivity (Wildman–Crippen MR) is 154 cm³/mol. The Morgan fingerprint density at radius 2 is 1.71 bits per heavy atom. The van der Waals surface area contributed by atoms with Gasteiger partial charge >= 0.3 is 0 Å². The summed E-state index contributed by atoms with van der Waals surface area (Å²) >= 11 is 6.05. The van der Waals surface area contributed by atoms with Gasteiger partial charge in [0.2, 0.25) is 21.8 Å². The Balaban J connectivity index is 1.76. The van der Waals surface area contributed by atoms with Gasteiger partial charge in [-0.2, -0.15) is 0 Å². The number of aryl methyl sites for hydroxylation is 2. The van der Waals surface area contributed by atoms with Crippen LogP contribution in [0.5, 0.6) is 0 Å². The lowest BCUT2D eigenvalue weighted by Gasteiger charge is -2.32. The molecule has 2 amide bonds. The number of nitrogens with one attached hydrogen (secondary N) is 1. The molecule has 0 saturated heterocycles. The molecule has 7 nitrogen and oxygen atoms in total. The predicted octanol–water partition coefficient (Wildman–Crippen LogP) is 5.37. The summed E-state index contributed by atoms with van der Waals surface area (Å²) < 4.78 is 26.5. The van der Waals surface area contributed by atoms with E-state index in [2.05, 4.69) is 5.32 Å². The highest BCUT2D eigenvalue weighted by Gasteiger charge is 2.30. The van der Waals surface area contributed by atoms with Gasteiger partial charge in [-0.05, 0) is 80.5 Å². The number of anilines is 1. The lowest BCUT2D eigenvalue weighted by atomic mass is 10.1. The molecular formula is C29H40ClN3O4S. The topological polar surface area (TPSA) is 86.8 Å². The minimum absolute atomic E-state index is 0.123. The number of rotatable bonds is 12. The van der Waals surface area contributed by atoms with Crippen LogP contribution in [-0.2, 0) is 26.2 Å². The summed E-state index contributed by atoms with van der Waals surface area (Å²) in [5.74, 6) is -0.309. The number of hydrogen-bond donors (Lipinski definition) is 1. The number of benzene rings is 2. The minimum atomic E-state index is -3.53. The molecule has 3 rings (SSSR count). The molecule has 38 heavy (non-hydrogen) atoms. The molecule has 1 aliphatic carbocycles. The van der Waals surface area contributed by atoms with Crippen molar-refractivity contribution in [2.24, 2.45) is 0 Å². The van der Waals surface area contributed by atoms with Crippen LogP contribution in [0, 0.1) is 13.8 Å². The Kier molecular flexibility index (Phi) is 10.6. The summed E-state index contributed by atoms with van der Waals surface area (Å²) in [4.78, 5) is 28.5. The highest BCUT2D eigenvalue weighted by Crippen LogP contribution is 2.23. The van der Waals surface area contributed by atoms with E-state index < -0.39 is 16.1 Å². The minimum Gasteiger partial charge on any atom is -0.352 e. The van der Waals surface area contributed by atoms with E-state index in [4.69, 9.17) is 11.6 Å². The second-order valence-electron chi connectivity index (χ2n) is 10.3. The van der Waals surface area contributed by atoms with Crippen LogP contribution >= 0.6 is 11.6 Å². The van der Waals surface area contributed by atoms with E-state index in [-0.39, 0.29) is 37.4 Å². The largest absolute Gasteiger partial charge is 0.352 e. The first-order valence-electron chi connectivity index (χ1n) is 13.4. The fraction of sp³-hybridized carbons (Fsp3) is 0.517. The van der Waals surface area contributed by atoms with E-state index in [1.165, 1.54) is 10.6 Å². The quantitative estimate of drug-likeness (QED) is 0.377. The summed E-state index contributed by atoms with van der Waals surface area (Å²) in [7, 11) is -3.53. The number of nitrogens with zero attached hydrogens (tertiary/aromatic N) is 2. The number of hydrogen-bond acceptors (Lipinski definition) is 4. The van der Waals surface area contributed by atoms with Crippen molar-refractivity contribution in [3.8, 4) is 0 Å². The van der Waals surface area contributed by atoms with E-state index in [1.54, 1.807) is 23.1 Å². The molecular weight excluding hydrogens is 522 g/mol. The highest BCUT2D eigenvalue weighted by atomic mass is 35.5. The molecule has 1 saturated carbocycles. The first kappa shape index (κ1) is 30.0. The second-order valence-corrected chi connectivity index (χ2v) is 12.6. The van der Waals surface area contributed by atoms with Gasteiger partial charge in [-0.15, -0.1) is 0 Å². The van der Waals surface area contributed by atoms with Crippen LogP contribution < -0.4 is 9.62 Å². The molecule has 0 bridgehead atoms. The van der Waals surface area contributed by atoms with Crippen molar-refractivity contribution in [1.29, 1.82) is 0 Å². The summed E-state index contributed by atoms with van der Waals surface area (Å²) in [6, 6.07) is 12.3. The van der Waals surface area contributed by atoms with E-state index in [0.717, 1.165) is 42.4 Å². The fourth-order valence-electron chi connectivity index (χ4n) is 4.96. The highest BCUT2D eigenvalue weighted by molar-refractivity contribution is 7.92. The van der Waals surface area contributed by atoms with Crippen LogP contribution in [0.4, 0.5) is 5.69 Å². The molecule has 0 aliphatic heterocycles. The Morgan fingerprint density at radius 1 is 1.05 bits per heavy atom. The van der Waals surface area contributed by atoms with Crippen LogP contribution in [0.3, 0.4) is 0 Å². The molecule has 0 aromatic heterocycles. The number of halogens is 1. The molecule has 0 heterocycles. The standard InChI is InChI=1S/C29H40ClN3O4S/c1-5-27(29(35)31-25-9-6-7-10-25)32(20-23-13-15-24(30)16-14-23)28(34)11-8-18-33(38(4,36)37)26-17-12-21(2)22(3)19-26/h12-17,19,25,27H,5-11,18,20H2,1-4H3,(H,31,35)/t27-/m1/s1. The van der Waals surface area contributed by atoms with Gasteiger partial charge in [0, 0.05) is 30.6 Å². The summed E-state index contributed by atoms with van der Waals surface area (Å²) in [6.07, 6.45) is 6.25. The molecule has 2 aromatic carbocycles. The van der Waals surface area contributed by atoms with Gasteiger partial charge in [0.25, 0.3) is 0 Å². The van der Waals surface area contributed by atoms with Gasteiger partial charge in [0.05, 0.1) is 11.9 Å². The zero-order valence-corrected chi connectivity index (χ0v) is 24.4. The van der Waals surface area contributed by atoms with Crippen molar-refractivity contribution in [3.05, 3.63) is 64.2 Å². The molecule has 1 fully saturated rings. The third-order valence-electron chi connectivity index (χ3n) is 7.28. The van der Waals surface area contributed by atoms with Crippen molar-refractivity contribution in [2.75, 3.05) is 17.1 Å². The van der Waals surface area contributed by atoms with Crippen LogP contribution in [0.25, 0.3) is 0 Å². The normalized spacial score (nSPS) is 14.8. The zero-order chi connectivity index (χ0) is 27.9. The van der Waals surface area contributed by atoms with Crippen molar-refractivity contribution >= 4 is 39.1 Å². The summed E-state index contributed by atoms with van der Waals surface area (Å²) in [5.41, 5.74) is 3.54. The Morgan fingerprint density at radius 3 is 2.29 bits per heavy atom. The van der Waals surface area contributed by atoms with Crippen LogP contribution in [0.15, 0.2) is 42.5 Å². The van der Waals surface area contributed by atoms with E-state index in [0.29, 0.717) is 23.6 Å². The van der Waals surface area contributed by atoms with Gasteiger partial charge in [0.15, 0.2) is 0 Å². The molecule has 1 N–H and O–H groups in total. The average Bonchev–Trinajstić information content (AvgIpc) is 3.37. The summed E-state index contributed by atoms with van der Waals surface area (Å²) in [6.45, 7) is 6.28. The van der Waals surface area contributed by atoms with Gasteiger partial charge in [-0.1, -0.05) is 49.6 Å². The molecule has 0 unspecified atom stereocenters. The van der Waals surface area contributed by atoms with Gasteiger partial charge in [-0.25, -0.2) is 8.42 Å². The Hall–Kier alpha value is -2.58. The summed E-state index contributed by atoms with van der Waals surface area (Å²) in [5, 5.41) is 3.75. The number of carbonyl (C=O) groups is 2. The maximum Gasteiger partial charge on any atom is 0.243 e. The smallest absolute Gasteiger partial charge is 0.243 e. The van der Waals surface area contributed by atoms with E-state index in [1.807, 2.05) is 45.0 Å². The molecule has 208 valence electrons. The van der Waals surface area contributed by atoms with E-state index in [9.17, 15) is 18.0 Å². The molecule has 9 heteroatoms. The maximum absolute atomic E-state index is 13.6. The van der Waals surface area contributed by atoms with Crippen molar-refractivity contribution < 1.29 is 18.0 Å². The third-order valence-corrected chi connectivity index (χ3v) is 8.73. The van der Waals surface area contributed by atoms with Gasteiger partial charge < -0.3 is 10.2 Å². The van der Waals surface area contributed by atoms with Gasteiger partial charge in [0.1, 0.15) is 6.04 Å². The first-order chi connectivity index (χ1) is 18.0. The number of sulfonamides is 1. The molecule has 2 aromatic rings. The Bertz CT molecular complexity index is 1210. The van der Waals surface area contributed by atoms with Crippen molar-refractivity contribution in [3.63, 3.8) is 0 Å². The SMILES string of the molecule is CC[C@H](C(=O)NC1CCCC1)N(Cc1ccc(Cl)cc1)C(=O)CCCN(c1ccc(C)c(C)c1)S(C)(=O)=O. The molecule has 0 spiro atoms. The van der Waals surface area contributed by atoms with Crippen LogP contribution in [-0.4, -0.2) is 50.0 Å². The van der Waals surface area contributed by atoms with Crippen molar-refractivity contribution in [1.82, 2.24) is 10.2 Å². The van der Waals surface area contributed by atoms with Gasteiger partial charge in [-0.3, -0.25) is 13.9 Å². The maximum atomic E-state index is 13.6. The number of amides is 2. The molecule has 0 radical (unpaired) electrons.